The number of hydrogen-bond acceptors (Lipinski definition) is 5. The van der Waals surface area contributed by atoms with E-state index >= 15 is 0 Å². The molecule has 0 radical (unpaired) electrons. The van der Waals surface area contributed by atoms with Crippen molar-refractivity contribution in [3.05, 3.63) is 29.8 Å². The van der Waals surface area contributed by atoms with E-state index in [1.807, 2.05) is 24.3 Å². The fourth-order valence-electron chi connectivity index (χ4n) is 5.22. The number of ether oxygens (including phenoxy) is 1. The molecule has 2 heterocycles. The zero-order valence-electron chi connectivity index (χ0n) is 18.9. The van der Waals surface area contributed by atoms with Gasteiger partial charge in [-0.15, -0.1) is 0 Å². The number of benzene rings is 1. The zero-order valence-corrected chi connectivity index (χ0v) is 18.9. The Hall–Kier alpha value is -2.61. The topological polar surface area (TPSA) is 91.0 Å². The maximum absolute atomic E-state index is 12.9. The molecule has 4 amide bonds. The van der Waals surface area contributed by atoms with Crippen LogP contribution in [0.5, 0.6) is 5.75 Å². The first-order chi connectivity index (χ1) is 15.5. The van der Waals surface area contributed by atoms with E-state index in [1.54, 1.807) is 7.11 Å². The standard InChI is InChI=1S/C24H34N4O4/c1-32-19-9-7-18(8-10-19)20(27-14-5-6-15-27)17-25-21(29)11-16-28-22(30)24(26-23(28)31)12-3-2-4-13-24/h7-10,20H,2-6,11-17H2,1H3,(H,25,29)(H,26,31). The van der Waals surface area contributed by atoms with Gasteiger partial charge < -0.3 is 15.4 Å². The number of rotatable bonds is 8. The Kier molecular flexibility index (Phi) is 6.98. The Bertz CT molecular complexity index is 829. The third-order valence-corrected chi connectivity index (χ3v) is 7.09. The van der Waals surface area contributed by atoms with Gasteiger partial charge in [-0.1, -0.05) is 31.4 Å². The maximum Gasteiger partial charge on any atom is 0.325 e. The molecule has 1 aromatic rings. The Morgan fingerprint density at radius 3 is 2.44 bits per heavy atom. The van der Waals surface area contributed by atoms with Crippen molar-refractivity contribution >= 4 is 17.8 Å². The minimum absolute atomic E-state index is 0.0922. The molecular formula is C24H34N4O4. The first kappa shape index (κ1) is 22.6. The molecular weight excluding hydrogens is 408 g/mol. The molecule has 4 rings (SSSR count). The average Bonchev–Trinajstić information content (AvgIpc) is 3.41. The molecule has 8 nitrogen and oxygen atoms in total. The van der Waals surface area contributed by atoms with Crippen LogP contribution in [0, 0.1) is 0 Å². The third kappa shape index (κ3) is 4.75. The van der Waals surface area contributed by atoms with E-state index in [0.29, 0.717) is 19.4 Å². The molecule has 2 N–H and O–H groups in total. The molecule has 2 aliphatic heterocycles. The fourth-order valence-corrected chi connectivity index (χ4v) is 5.22. The Morgan fingerprint density at radius 2 is 1.78 bits per heavy atom. The first-order valence-electron chi connectivity index (χ1n) is 11.8. The number of amides is 4. The molecule has 0 bridgehead atoms. The maximum atomic E-state index is 12.9. The number of imide groups is 1. The van der Waals surface area contributed by atoms with Crippen LogP contribution in [-0.2, 0) is 9.59 Å². The molecule has 3 aliphatic rings. The second kappa shape index (κ2) is 9.90. The van der Waals surface area contributed by atoms with E-state index in [1.165, 1.54) is 4.90 Å². The van der Waals surface area contributed by atoms with E-state index < -0.39 is 5.54 Å². The van der Waals surface area contributed by atoms with Crippen LogP contribution in [0.15, 0.2) is 24.3 Å². The summed E-state index contributed by atoms with van der Waals surface area (Å²) in [5.74, 6) is 0.498. The van der Waals surface area contributed by atoms with E-state index in [2.05, 4.69) is 15.5 Å². The van der Waals surface area contributed by atoms with Crippen LogP contribution in [0.1, 0.15) is 63.0 Å². The van der Waals surface area contributed by atoms with Gasteiger partial charge in [0.25, 0.3) is 5.91 Å². The number of nitrogens with zero attached hydrogens (tertiary/aromatic N) is 2. The highest BCUT2D eigenvalue weighted by molar-refractivity contribution is 6.07. The third-order valence-electron chi connectivity index (χ3n) is 7.09. The summed E-state index contributed by atoms with van der Waals surface area (Å²) in [6.07, 6.45) is 6.82. The van der Waals surface area contributed by atoms with Crippen molar-refractivity contribution in [3.8, 4) is 5.75 Å². The van der Waals surface area contributed by atoms with Gasteiger partial charge in [-0.25, -0.2) is 4.79 Å². The molecule has 1 aliphatic carbocycles. The van der Waals surface area contributed by atoms with Crippen molar-refractivity contribution in [1.29, 1.82) is 0 Å². The number of nitrogens with one attached hydrogen (secondary N) is 2. The summed E-state index contributed by atoms with van der Waals surface area (Å²) in [6.45, 7) is 2.64. The van der Waals surface area contributed by atoms with Crippen LogP contribution in [-0.4, -0.2) is 66.5 Å². The van der Waals surface area contributed by atoms with Gasteiger partial charge in [-0.05, 0) is 56.5 Å². The summed E-state index contributed by atoms with van der Waals surface area (Å²) < 4.78 is 5.26. The fraction of sp³-hybridized carbons (Fsp3) is 0.625. The normalized spacial score (nSPS) is 21.6. The van der Waals surface area contributed by atoms with Gasteiger partial charge in [-0.3, -0.25) is 19.4 Å². The first-order valence-corrected chi connectivity index (χ1v) is 11.8. The summed E-state index contributed by atoms with van der Waals surface area (Å²) in [5, 5.41) is 5.93. The number of urea groups is 1. The lowest BCUT2D eigenvalue weighted by molar-refractivity contribution is -0.132. The molecule has 1 spiro atoms. The molecule has 174 valence electrons. The Labute approximate surface area is 189 Å². The smallest absolute Gasteiger partial charge is 0.325 e. The summed E-state index contributed by atoms with van der Waals surface area (Å²) in [5.41, 5.74) is 0.405. The van der Waals surface area contributed by atoms with Gasteiger partial charge in [0.15, 0.2) is 0 Å². The molecule has 1 saturated carbocycles. The number of carbonyl (C=O) groups excluding carboxylic acids is 3. The van der Waals surface area contributed by atoms with Crippen LogP contribution in [0.25, 0.3) is 0 Å². The predicted molar refractivity (Wildman–Crippen MR) is 120 cm³/mol. The molecule has 32 heavy (non-hydrogen) atoms. The van der Waals surface area contributed by atoms with E-state index in [0.717, 1.165) is 56.5 Å². The second-order valence-corrected chi connectivity index (χ2v) is 9.12. The van der Waals surface area contributed by atoms with Gasteiger partial charge in [0, 0.05) is 19.5 Å². The highest BCUT2D eigenvalue weighted by Crippen LogP contribution is 2.33. The molecule has 2 saturated heterocycles. The highest BCUT2D eigenvalue weighted by Gasteiger charge is 2.51. The number of hydrogen-bond donors (Lipinski definition) is 2. The molecule has 8 heteroatoms. The predicted octanol–water partition coefficient (Wildman–Crippen LogP) is 2.59. The molecule has 0 aromatic heterocycles. The summed E-state index contributed by atoms with van der Waals surface area (Å²) >= 11 is 0. The lowest BCUT2D eigenvalue weighted by Crippen LogP contribution is -2.48. The largest absolute Gasteiger partial charge is 0.497 e. The van der Waals surface area contributed by atoms with E-state index in [-0.39, 0.29) is 36.9 Å². The molecule has 1 atom stereocenters. The van der Waals surface area contributed by atoms with Gasteiger partial charge in [0.2, 0.25) is 5.91 Å². The summed E-state index contributed by atoms with van der Waals surface area (Å²) in [7, 11) is 1.65. The lowest BCUT2D eigenvalue weighted by Gasteiger charge is -2.30. The van der Waals surface area contributed by atoms with Crippen molar-refractivity contribution in [3.63, 3.8) is 0 Å². The summed E-state index contributed by atoms with van der Waals surface area (Å²) in [4.78, 5) is 41.5. The number of carbonyl (C=O) groups is 3. The van der Waals surface area contributed by atoms with Crippen LogP contribution >= 0.6 is 0 Å². The highest BCUT2D eigenvalue weighted by atomic mass is 16.5. The number of methoxy groups -OCH3 is 1. The van der Waals surface area contributed by atoms with Crippen LogP contribution in [0.3, 0.4) is 0 Å². The lowest BCUT2D eigenvalue weighted by atomic mass is 9.82. The van der Waals surface area contributed by atoms with E-state index in [4.69, 9.17) is 4.74 Å². The van der Waals surface area contributed by atoms with Gasteiger partial charge in [0.05, 0.1) is 13.2 Å². The monoisotopic (exact) mass is 442 g/mol. The average molecular weight is 443 g/mol. The van der Waals surface area contributed by atoms with Crippen LogP contribution in [0.2, 0.25) is 0 Å². The summed E-state index contributed by atoms with van der Waals surface area (Å²) in [6, 6.07) is 7.71. The van der Waals surface area contributed by atoms with Gasteiger partial charge >= 0.3 is 6.03 Å². The van der Waals surface area contributed by atoms with Crippen LogP contribution < -0.4 is 15.4 Å². The van der Waals surface area contributed by atoms with Crippen molar-refractivity contribution < 1.29 is 19.1 Å². The SMILES string of the molecule is COc1ccc(C(CNC(=O)CCN2C(=O)NC3(CCCCC3)C2=O)N2CCCC2)cc1. The number of likely N-dealkylation sites (tertiary alicyclic amines) is 1. The van der Waals surface area contributed by atoms with Crippen molar-refractivity contribution in [2.75, 3.05) is 33.3 Å². The molecule has 3 fully saturated rings. The minimum Gasteiger partial charge on any atom is -0.497 e. The van der Waals surface area contributed by atoms with E-state index in [9.17, 15) is 14.4 Å². The van der Waals surface area contributed by atoms with Crippen LogP contribution in [0.4, 0.5) is 4.79 Å². The minimum atomic E-state index is -0.735. The Balaban J connectivity index is 1.32. The van der Waals surface area contributed by atoms with Gasteiger partial charge in [0.1, 0.15) is 11.3 Å². The van der Waals surface area contributed by atoms with Crippen molar-refractivity contribution in [2.24, 2.45) is 0 Å². The second-order valence-electron chi connectivity index (χ2n) is 9.12. The van der Waals surface area contributed by atoms with Gasteiger partial charge in [-0.2, -0.15) is 0 Å². The quantitative estimate of drug-likeness (QED) is 0.604. The zero-order chi connectivity index (χ0) is 22.6. The van der Waals surface area contributed by atoms with Crippen molar-refractivity contribution in [2.45, 2.75) is 62.9 Å². The molecule has 1 unspecified atom stereocenters. The Morgan fingerprint density at radius 1 is 1.09 bits per heavy atom. The molecule has 1 aromatic carbocycles. The van der Waals surface area contributed by atoms with Crippen molar-refractivity contribution in [1.82, 2.24) is 20.4 Å².